The Labute approximate surface area is 185 Å². The summed E-state index contributed by atoms with van der Waals surface area (Å²) in [6, 6.07) is 17.3. The Bertz CT molecular complexity index is 845. The van der Waals surface area contributed by atoms with Gasteiger partial charge in [0.15, 0.2) is 5.96 Å². The molecule has 0 radical (unpaired) electrons. The molecule has 2 saturated heterocycles. The van der Waals surface area contributed by atoms with E-state index in [9.17, 15) is 0 Å². The molecule has 0 amide bonds. The van der Waals surface area contributed by atoms with Crippen molar-refractivity contribution in [3.05, 3.63) is 59.7 Å². The lowest BCUT2D eigenvalue weighted by molar-refractivity contribution is 0.122. The summed E-state index contributed by atoms with van der Waals surface area (Å²) < 4.78 is 10.7. The number of anilines is 1. The first-order valence-corrected chi connectivity index (χ1v) is 11.4. The van der Waals surface area contributed by atoms with Gasteiger partial charge in [-0.15, -0.1) is 0 Å². The van der Waals surface area contributed by atoms with Crippen molar-refractivity contribution < 1.29 is 9.47 Å². The van der Waals surface area contributed by atoms with E-state index in [-0.39, 0.29) is 0 Å². The first-order valence-electron chi connectivity index (χ1n) is 11.4. The Balaban J connectivity index is 1.37. The monoisotopic (exact) mass is 422 g/mol. The molecule has 2 aromatic rings. The molecule has 2 aliphatic rings. The summed E-state index contributed by atoms with van der Waals surface area (Å²) in [7, 11) is 1.71. The smallest absolute Gasteiger partial charge is 0.194 e. The van der Waals surface area contributed by atoms with Crippen LogP contribution < -0.4 is 15.0 Å². The zero-order chi connectivity index (χ0) is 21.5. The standard InChI is InChI=1S/C25H34N4O2/c1-3-26-25(29-13-12-22(19-29)21-6-10-24(30-2)11-7-21)27-18-20-4-8-23(9-5-20)28-14-16-31-17-15-28/h4-11,22H,3,12-19H2,1-2H3,(H,26,27). The van der Waals surface area contributed by atoms with E-state index in [1.54, 1.807) is 7.11 Å². The molecule has 0 spiro atoms. The summed E-state index contributed by atoms with van der Waals surface area (Å²) in [5, 5.41) is 3.48. The lowest BCUT2D eigenvalue weighted by Crippen LogP contribution is -2.40. The van der Waals surface area contributed by atoms with Crippen molar-refractivity contribution in [3.63, 3.8) is 0 Å². The molecule has 0 bridgehead atoms. The zero-order valence-electron chi connectivity index (χ0n) is 18.7. The average Bonchev–Trinajstić information content (AvgIpc) is 3.33. The number of benzene rings is 2. The molecule has 6 heteroatoms. The number of rotatable bonds is 6. The molecule has 1 unspecified atom stereocenters. The van der Waals surface area contributed by atoms with Crippen molar-refractivity contribution in [1.29, 1.82) is 0 Å². The third-order valence-electron chi connectivity index (χ3n) is 6.13. The molecule has 31 heavy (non-hydrogen) atoms. The van der Waals surface area contributed by atoms with Crippen LogP contribution >= 0.6 is 0 Å². The van der Waals surface area contributed by atoms with Gasteiger partial charge in [-0.25, -0.2) is 4.99 Å². The van der Waals surface area contributed by atoms with E-state index in [1.807, 2.05) is 0 Å². The Kier molecular flexibility index (Phi) is 7.30. The third kappa shape index (κ3) is 5.50. The van der Waals surface area contributed by atoms with Crippen LogP contribution in [-0.4, -0.2) is 63.9 Å². The number of methoxy groups -OCH3 is 1. The van der Waals surface area contributed by atoms with E-state index in [0.717, 1.165) is 64.1 Å². The second-order valence-corrected chi connectivity index (χ2v) is 8.14. The fraction of sp³-hybridized carbons (Fsp3) is 0.480. The summed E-state index contributed by atoms with van der Waals surface area (Å²) in [5.74, 6) is 2.45. The van der Waals surface area contributed by atoms with Crippen LogP contribution in [0.4, 0.5) is 5.69 Å². The molecule has 2 fully saturated rings. The van der Waals surface area contributed by atoms with E-state index in [2.05, 4.69) is 70.6 Å². The summed E-state index contributed by atoms with van der Waals surface area (Å²) >= 11 is 0. The number of guanidine groups is 1. The minimum atomic E-state index is 0.530. The van der Waals surface area contributed by atoms with E-state index >= 15 is 0 Å². The van der Waals surface area contributed by atoms with Gasteiger partial charge in [-0.3, -0.25) is 0 Å². The van der Waals surface area contributed by atoms with Crippen molar-refractivity contribution in [2.24, 2.45) is 4.99 Å². The summed E-state index contributed by atoms with van der Waals surface area (Å²) in [6.07, 6.45) is 1.14. The molecular formula is C25H34N4O2. The SMILES string of the molecule is CCNC(=NCc1ccc(N2CCOCC2)cc1)N1CCC(c2ccc(OC)cc2)C1. The average molecular weight is 423 g/mol. The van der Waals surface area contributed by atoms with E-state index in [4.69, 9.17) is 14.5 Å². The summed E-state index contributed by atoms with van der Waals surface area (Å²) in [6.45, 7) is 9.26. The molecule has 1 N–H and O–H groups in total. The molecule has 4 rings (SSSR count). The number of hydrogen-bond donors (Lipinski definition) is 1. The molecule has 2 aliphatic heterocycles. The van der Waals surface area contributed by atoms with E-state index in [0.29, 0.717) is 12.5 Å². The van der Waals surface area contributed by atoms with Crippen LogP contribution in [-0.2, 0) is 11.3 Å². The maximum Gasteiger partial charge on any atom is 0.194 e. The lowest BCUT2D eigenvalue weighted by atomic mass is 9.98. The summed E-state index contributed by atoms with van der Waals surface area (Å²) in [5.41, 5.74) is 3.88. The molecule has 2 heterocycles. The fourth-order valence-electron chi connectivity index (χ4n) is 4.33. The zero-order valence-corrected chi connectivity index (χ0v) is 18.7. The van der Waals surface area contributed by atoms with Crippen molar-refractivity contribution in [2.45, 2.75) is 25.8 Å². The third-order valence-corrected chi connectivity index (χ3v) is 6.13. The molecule has 166 valence electrons. The van der Waals surface area contributed by atoms with E-state index < -0.39 is 0 Å². The number of aliphatic imine (C=N–C) groups is 1. The second kappa shape index (κ2) is 10.5. The molecule has 2 aromatic carbocycles. The highest BCUT2D eigenvalue weighted by atomic mass is 16.5. The Morgan fingerprint density at radius 1 is 1.06 bits per heavy atom. The first kappa shape index (κ1) is 21.5. The first-order chi connectivity index (χ1) is 15.3. The van der Waals surface area contributed by atoms with Gasteiger partial charge in [-0.1, -0.05) is 24.3 Å². The van der Waals surface area contributed by atoms with Crippen molar-refractivity contribution in [2.75, 3.05) is 57.9 Å². The van der Waals surface area contributed by atoms with Crippen LogP contribution in [0.15, 0.2) is 53.5 Å². The molecule has 1 atom stereocenters. The van der Waals surface area contributed by atoms with Gasteiger partial charge in [0.1, 0.15) is 5.75 Å². The van der Waals surface area contributed by atoms with Crippen LogP contribution in [0.1, 0.15) is 30.4 Å². The molecular weight excluding hydrogens is 388 g/mol. The Morgan fingerprint density at radius 3 is 2.48 bits per heavy atom. The van der Waals surface area contributed by atoms with Gasteiger partial charge in [0.2, 0.25) is 0 Å². The number of hydrogen-bond acceptors (Lipinski definition) is 4. The molecule has 0 aromatic heterocycles. The van der Waals surface area contributed by atoms with Gasteiger partial charge in [0, 0.05) is 44.3 Å². The van der Waals surface area contributed by atoms with Crippen molar-refractivity contribution in [3.8, 4) is 5.75 Å². The van der Waals surface area contributed by atoms with Gasteiger partial charge < -0.3 is 24.6 Å². The number of likely N-dealkylation sites (tertiary alicyclic amines) is 1. The van der Waals surface area contributed by atoms with Gasteiger partial charge in [-0.05, 0) is 48.7 Å². The predicted molar refractivity (Wildman–Crippen MR) is 126 cm³/mol. The molecule has 0 saturated carbocycles. The largest absolute Gasteiger partial charge is 0.497 e. The van der Waals surface area contributed by atoms with Crippen molar-refractivity contribution in [1.82, 2.24) is 10.2 Å². The molecule has 6 nitrogen and oxygen atoms in total. The van der Waals surface area contributed by atoms with Crippen LogP contribution in [0.3, 0.4) is 0 Å². The summed E-state index contributed by atoms with van der Waals surface area (Å²) in [4.78, 5) is 9.71. The van der Waals surface area contributed by atoms with Gasteiger partial charge >= 0.3 is 0 Å². The quantitative estimate of drug-likeness (QED) is 0.571. The highest BCUT2D eigenvalue weighted by Gasteiger charge is 2.26. The maximum atomic E-state index is 5.45. The van der Waals surface area contributed by atoms with Gasteiger partial charge in [0.25, 0.3) is 0 Å². The van der Waals surface area contributed by atoms with Crippen LogP contribution in [0.5, 0.6) is 5.75 Å². The van der Waals surface area contributed by atoms with Crippen LogP contribution in [0.25, 0.3) is 0 Å². The lowest BCUT2D eigenvalue weighted by Gasteiger charge is -2.28. The Morgan fingerprint density at radius 2 is 1.81 bits per heavy atom. The van der Waals surface area contributed by atoms with Crippen molar-refractivity contribution >= 4 is 11.6 Å². The van der Waals surface area contributed by atoms with Crippen LogP contribution in [0, 0.1) is 0 Å². The number of nitrogens with one attached hydrogen (secondary N) is 1. The second-order valence-electron chi connectivity index (χ2n) is 8.14. The number of nitrogens with zero attached hydrogens (tertiary/aromatic N) is 3. The topological polar surface area (TPSA) is 49.3 Å². The number of ether oxygens (including phenoxy) is 2. The normalized spacial score (nSPS) is 19.5. The highest BCUT2D eigenvalue weighted by Crippen LogP contribution is 2.28. The fourth-order valence-corrected chi connectivity index (χ4v) is 4.33. The predicted octanol–water partition coefficient (Wildman–Crippen LogP) is 3.49. The minimum absolute atomic E-state index is 0.530. The van der Waals surface area contributed by atoms with E-state index in [1.165, 1.54) is 16.8 Å². The van der Waals surface area contributed by atoms with Crippen LogP contribution in [0.2, 0.25) is 0 Å². The van der Waals surface area contributed by atoms with Gasteiger partial charge in [0.05, 0.1) is 26.9 Å². The highest BCUT2D eigenvalue weighted by molar-refractivity contribution is 5.80. The number of morpholine rings is 1. The van der Waals surface area contributed by atoms with Gasteiger partial charge in [-0.2, -0.15) is 0 Å². The minimum Gasteiger partial charge on any atom is -0.497 e. The Hall–Kier alpha value is -2.73. The maximum absolute atomic E-state index is 5.45. The molecule has 0 aliphatic carbocycles.